The van der Waals surface area contributed by atoms with Gasteiger partial charge in [0.25, 0.3) is 5.91 Å². The van der Waals surface area contributed by atoms with Crippen LogP contribution in [-0.2, 0) is 11.3 Å². The molecule has 2 heterocycles. The fourth-order valence-electron chi connectivity index (χ4n) is 2.73. The van der Waals surface area contributed by atoms with Crippen molar-refractivity contribution in [1.82, 2.24) is 10.3 Å². The third-order valence-electron chi connectivity index (χ3n) is 3.92. The van der Waals surface area contributed by atoms with Crippen LogP contribution in [0.5, 0.6) is 11.5 Å². The molecule has 3 N–H and O–H groups in total. The molecule has 0 radical (unpaired) electrons. The fourth-order valence-corrected chi connectivity index (χ4v) is 2.73. The van der Waals surface area contributed by atoms with Crippen LogP contribution in [0.15, 0.2) is 36.7 Å². The zero-order chi connectivity index (χ0) is 20.3. The lowest BCUT2D eigenvalue weighted by atomic mass is 10.1. The SMILES string of the molecule is CC(C)(C)OC(=O)NCc1cncc(C2COc3c(cccc3C(N)=O)O2)c1. The lowest BCUT2D eigenvalue weighted by molar-refractivity contribution is 0.0523. The maximum Gasteiger partial charge on any atom is 0.407 e. The molecule has 3 rings (SSSR count). The number of primary amides is 1. The van der Waals surface area contributed by atoms with Gasteiger partial charge >= 0.3 is 6.09 Å². The largest absolute Gasteiger partial charge is 0.485 e. The van der Waals surface area contributed by atoms with Gasteiger partial charge in [0.15, 0.2) is 17.6 Å². The number of benzene rings is 1. The summed E-state index contributed by atoms with van der Waals surface area (Å²) in [5.41, 5.74) is 6.68. The van der Waals surface area contributed by atoms with Gasteiger partial charge in [-0.25, -0.2) is 4.79 Å². The summed E-state index contributed by atoms with van der Waals surface area (Å²) in [6.45, 7) is 5.89. The lowest BCUT2D eigenvalue weighted by Crippen LogP contribution is -2.32. The summed E-state index contributed by atoms with van der Waals surface area (Å²) in [6.07, 6.45) is 2.44. The van der Waals surface area contributed by atoms with Crippen molar-refractivity contribution in [3.8, 4) is 11.5 Å². The van der Waals surface area contributed by atoms with E-state index in [1.807, 2.05) is 6.07 Å². The van der Waals surface area contributed by atoms with Gasteiger partial charge in [-0.1, -0.05) is 6.07 Å². The van der Waals surface area contributed by atoms with Gasteiger partial charge in [-0.05, 0) is 44.5 Å². The highest BCUT2D eigenvalue weighted by Crippen LogP contribution is 2.38. The van der Waals surface area contributed by atoms with Crippen molar-refractivity contribution in [3.63, 3.8) is 0 Å². The van der Waals surface area contributed by atoms with E-state index in [1.165, 1.54) is 0 Å². The van der Waals surface area contributed by atoms with E-state index in [0.717, 1.165) is 11.1 Å². The molecule has 1 unspecified atom stereocenters. The third-order valence-corrected chi connectivity index (χ3v) is 3.92. The van der Waals surface area contributed by atoms with E-state index < -0.39 is 23.7 Å². The van der Waals surface area contributed by atoms with E-state index in [2.05, 4.69) is 10.3 Å². The van der Waals surface area contributed by atoms with Crippen molar-refractivity contribution >= 4 is 12.0 Å². The Morgan fingerprint density at radius 2 is 2.11 bits per heavy atom. The molecule has 1 aromatic heterocycles. The van der Waals surface area contributed by atoms with Crippen molar-refractivity contribution in [2.45, 2.75) is 39.0 Å². The van der Waals surface area contributed by atoms with Crippen molar-refractivity contribution < 1.29 is 23.8 Å². The number of alkyl carbamates (subject to hydrolysis) is 1. The number of ether oxygens (including phenoxy) is 3. The van der Waals surface area contributed by atoms with Gasteiger partial charge in [-0.15, -0.1) is 0 Å². The van der Waals surface area contributed by atoms with Gasteiger partial charge in [-0.2, -0.15) is 0 Å². The fraction of sp³-hybridized carbons (Fsp3) is 0.350. The summed E-state index contributed by atoms with van der Waals surface area (Å²) in [5, 5.41) is 2.70. The summed E-state index contributed by atoms with van der Waals surface area (Å²) in [7, 11) is 0. The average Bonchev–Trinajstić information content (AvgIpc) is 2.64. The summed E-state index contributed by atoms with van der Waals surface area (Å²) in [6, 6.07) is 6.87. The number of carbonyl (C=O) groups excluding carboxylic acids is 2. The summed E-state index contributed by atoms with van der Waals surface area (Å²) >= 11 is 0. The Balaban J connectivity index is 1.69. The highest BCUT2D eigenvalue weighted by Gasteiger charge is 2.26. The number of hydrogen-bond acceptors (Lipinski definition) is 6. The molecule has 28 heavy (non-hydrogen) atoms. The van der Waals surface area contributed by atoms with Gasteiger partial charge in [0.1, 0.15) is 12.2 Å². The highest BCUT2D eigenvalue weighted by atomic mass is 16.6. The average molecular weight is 385 g/mol. The van der Waals surface area contributed by atoms with Gasteiger partial charge in [0.2, 0.25) is 0 Å². The van der Waals surface area contributed by atoms with Crippen LogP contribution in [-0.4, -0.2) is 29.2 Å². The number of carbonyl (C=O) groups is 2. The molecule has 0 aliphatic carbocycles. The first kappa shape index (κ1) is 19.5. The molecule has 148 valence electrons. The minimum atomic E-state index is -0.573. The van der Waals surface area contributed by atoms with Crippen molar-refractivity contribution in [2.24, 2.45) is 5.73 Å². The number of fused-ring (bicyclic) bond motifs is 1. The first-order chi connectivity index (χ1) is 13.2. The number of nitrogens with two attached hydrogens (primary N) is 1. The number of hydrogen-bond donors (Lipinski definition) is 2. The van der Waals surface area contributed by atoms with E-state index >= 15 is 0 Å². The van der Waals surface area contributed by atoms with Gasteiger partial charge in [0.05, 0.1) is 5.56 Å². The highest BCUT2D eigenvalue weighted by molar-refractivity contribution is 5.96. The molecule has 2 amide bonds. The van der Waals surface area contributed by atoms with E-state index in [0.29, 0.717) is 11.5 Å². The number of nitrogens with one attached hydrogen (secondary N) is 1. The molecule has 0 saturated heterocycles. The molecular weight excluding hydrogens is 362 g/mol. The quantitative estimate of drug-likeness (QED) is 0.837. The van der Waals surface area contributed by atoms with Crippen LogP contribution in [0.2, 0.25) is 0 Å². The number of pyridine rings is 1. The smallest absolute Gasteiger partial charge is 0.407 e. The Morgan fingerprint density at radius 1 is 1.32 bits per heavy atom. The van der Waals surface area contributed by atoms with Crippen molar-refractivity contribution in [3.05, 3.63) is 53.3 Å². The molecule has 0 saturated carbocycles. The number of para-hydroxylation sites is 1. The topological polar surface area (TPSA) is 113 Å². The molecule has 1 aliphatic rings. The van der Waals surface area contributed by atoms with Crippen LogP contribution in [0.25, 0.3) is 0 Å². The van der Waals surface area contributed by atoms with Gasteiger partial charge < -0.3 is 25.3 Å². The standard InChI is InChI=1S/C20H23N3O5/c1-20(2,3)28-19(25)23-9-12-7-13(10-22-8-12)16-11-26-17-14(18(21)24)5-4-6-15(17)27-16/h4-8,10,16H,9,11H2,1-3H3,(H2,21,24)(H,23,25). The van der Waals surface area contributed by atoms with Crippen LogP contribution < -0.4 is 20.5 Å². The van der Waals surface area contributed by atoms with E-state index in [9.17, 15) is 9.59 Å². The zero-order valence-corrected chi connectivity index (χ0v) is 16.0. The van der Waals surface area contributed by atoms with Gasteiger partial charge in [-0.3, -0.25) is 9.78 Å². The number of nitrogens with zero attached hydrogens (tertiary/aromatic N) is 1. The second-order valence-corrected chi connectivity index (χ2v) is 7.40. The Labute approximate surface area is 163 Å². The predicted molar refractivity (Wildman–Crippen MR) is 101 cm³/mol. The number of rotatable bonds is 4. The second kappa shape index (κ2) is 7.75. The van der Waals surface area contributed by atoms with Gasteiger partial charge in [0, 0.05) is 24.5 Å². The molecule has 1 aliphatic heterocycles. The normalized spacial score (nSPS) is 15.6. The summed E-state index contributed by atoms with van der Waals surface area (Å²) in [4.78, 5) is 27.5. The molecule has 0 spiro atoms. The van der Waals surface area contributed by atoms with Crippen LogP contribution in [0.3, 0.4) is 0 Å². The lowest BCUT2D eigenvalue weighted by Gasteiger charge is -2.27. The third kappa shape index (κ3) is 4.70. The Hall–Kier alpha value is -3.29. The first-order valence-electron chi connectivity index (χ1n) is 8.86. The van der Waals surface area contributed by atoms with E-state index in [1.54, 1.807) is 51.4 Å². The monoisotopic (exact) mass is 385 g/mol. The maximum absolute atomic E-state index is 11.8. The number of aromatic nitrogens is 1. The molecule has 1 atom stereocenters. The second-order valence-electron chi connectivity index (χ2n) is 7.40. The minimum Gasteiger partial charge on any atom is -0.485 e. The summed E-state index contributed by atoms with van der Waals surface area (Å²) < 4.78 is 16.9. The minimum absolute atomic E-state index is 0.210. The van der Waals surface area contributed by atoms with E-state index in [4.69, 9.17) is 19.9 Å². The summed E-state index contributed by atoms with van der Waals surface area (Å²) in [5.74, 6) is 0.225. The molecular formula is C20H23N3O5. The molecule has 0 bridgehead atoms. The van der Waals surface area contributed by atoms with Crippen LogP contribution in [0.4, 0.5) is 4.79 Å². The van der Waals surface area contributed by atoms with Crippen molar-refractivity contribution in [1.29, 1.82) is 0 Å². The van der Waals surface area contributed by atoms with Crippen LogP contribution in [0.1, 0.15) is 48.4 Å². The van der Waals surface area contributed by atoms with E-state index in [-0.39, 0.29) is 18.7 Å². The zero-order valence-electron chi connectivity index (χ0n) is 16.0. The molecule has 8 heteroatoms. The first-order valence-corrected chi connectivity index (χ1v) is 8.86. The Bertz CT molecular complexity index is 892. The molecule has 1 aromatic carbocycles. The molecule has 2 aromatic rings. The maximum atomic E-state index is 11.8. The molecule has 8 nitrogen and oxygen atoms in total. The predicted octanol–water partition coefficient (Wildman–Crippen LogP) is 2.72. The molecule has 0 fully saturated rings. The Morgan fingerprint density at radius 3 is 2.82 bits per heavy atom. The Kier molecular flexibility index (Phi) is 5.39. The van der Waals surface area contributed by atoms with Crippen molar-refractivity contribution in [2.75, 3.05) is 6.61 Å². The van der Waals surface area contributed by atoms with Crippen LogP contribution in [0, 0.1) is 0 Å². The van der Waals surface area contributed by atoms with Crippen LogP contribution >= 0.6 is 0 Å². The number of amides is 2.